The van der Waals surface area contributed by atoms with Crippen LogP contribution in [-0.2, 0) is 5.54 Å². The molecule has 2 fully saturated rings. The highest BCUT2D eigenvalue weighted by Gasteiger charge is 2.34. The van der Waals surface area contributed by atoms with Crippen LogP contribution in [0.1, 0.15) is 55.7 Å². The smallest absolute Gasteiger partial charge is 0.274 e. The SMILES string of the molecule is CC(C)(C)n1nc(C(=O)N2CCN(c3nc4cccnc4s3)CC2)cc1C1CC1. The summed E-state index contributed by atoms with van der Waals surface area (Å²) in [5, 5.41) is 5.70. The number of anilines is 1. The molecule has 5 rings (SSSR count). The number of carbonyl (C=O) groups excluding carboxylic acids is 1. The third-order valence-electron chi connectivity index (χ3n) is 5.58. The maximum absolute atomic E-state index is 13.1. The molecule has 0 unspecified atom stereocenters. The van der Waals surface area contributed by atoms with E-state index in [-0.39, 0.29) is 11.4 Å². The molecular weight excluding hydrogens is 384 g/mol. The van der Waals surface area contributed by atoms with Gasteiger partial charge in [0.15, 0.2) is 10.8 Å². The third kappa shape index (κ3) is 3.50. The van der Waals surface area contributed by atoms with Crippen molar-refractivity contribution in [1.82, 2.24) is 24.6 Å². The Bertz CT molecular complexity index is 1020. The summed E-state index contributed by atoms with van der Waals surface area (Å²) < 4.78 is 2.06. The van der Waals surface area contributed by atoms with E-state index in [0.717, 1.165) is 28.6 Å². The molecule has 0 radical (unpaired) electrons. The minimum Gasteiger partial charge on any atom is -0.344 e. The van der Waals surface area contributed by atoms with Gasteiger partial charge in [0.2, 0.25) is 0 Å². The first kappa shape index (κ1) is 18.5. The Hall–Kier alpha value is -2.48. The van der Waals surface area contributed by atoms with Gasteiger partial charge in [-0.2, -0.15) is 5.10 Å². The first-order chi connectivity index (χ1) is 13.9. The van der Waals surface area contributed by atoms with Crippen LogP contribution < -0.4 is 4.90 Å². The van der Waals surface area contributed by atoms with E-state index in [0.29, 0.717) is 24.7 Å². The molecule has 152 valence electrons. The molecule has 3 aromatic rings. The minimum atomic E-state index is -0.115. The van der Waals surface area contributed by atoms with Gasteiger partial charge in [-0.25, -0.2) is 9.97 Å². The van der Waals surface area contributed by atoms with E-state index in [1.807, 2.05) is 23.1 Å². The van der Waals surface area contributed by atoms with E-state index in [4.69, 9.17) is 10.1 Å². The number of aromatic nitrogens is 4. The molecule has 3 aromatic heterocycles. The zero-order valence-electron chi connectivity index (χ0n) is 17.1. The van der Waals surface area contributed by atoms with Crippen LogP contribution in [0.3, 0.4) is 0 Å². The maximum Gasteiger partial charge on any atom is 0.274 e. The molecule has 0 atom stereocenters. The van der Waals surface area contributed by atoms with Gasteiger partial charge >= 0.3 is 0 Å². The summed E-state index contributed by atoms with van der Waals surface area (Å²) in [6.07, 6.45) is 4.20. The summed E-state index contributed by atoms with van der Waals surface area (Å²) in [4.78, 5) is 27.3. The van der Waals surface area contributed by atoms with E-state index in [9.17, 15) is 4.79 Å². The number of nitrogens with zero attached hydrogens (tertiary/aromatic N) is 6. The number of pyridine rings is 1. The van der Waals surface area contributed by atoms with Gasteiger partial charge < -0.3 is 9.80 Å². The Balaban J connectivity index is 1.30. The number of hydrogen-bond donors (Lipinski definition) is 0. The largest absolute Gasteiger partial charge is 0.344 e. The molecule has 1 aliphatic carbocycles. The lowest BCUT2D eigenvalue weighted by Gasteiger charge is -2.34. The fourth-order valence-corrected chi connectivity index (χ4v) is 4.82. The molecule has 1 saturated heterocycles. The second kappa shape index (κ2) is 6.79. The highest BCUT2D eigenvalue weighted by Crippen LogP contribution is 2.41. The highest BCUT2D eigenvalue weighted by molar-refractivity contribution is 7.21. The lowest BCUT2D eigenvalue weighted by atomic mass is 10.1. The Labute approximate surface area is 174 Å². The summed E-state index contributed by atoms with van der Waals surface area (Å²) >= 11 is 1.61. The van der Waals surface area contributed by atoms with Gasteiger partial charge in [0.1, 0.15) is 10.3 Å². The van der Waals surface area contributed by atoms with Crippen LogP contribution in [0.5, 0.6) is 0 Å². The van der Waals surface area contributed by atoms with Gasteiger partial charge in [0.05, 0.1) is 5.54 Å². The number of thiazole rings is 1. The number of amides is 1. The number of hydrogen-bond acceptors (Lipinski definition) is 6. The molecule has 1 amide bonds. The Morgan fingerprint density at radius 2 is 1.93 bits per heavy atom. The van der Waals surface area contributed by atoms with Gasteiger partial charge in [-0.05, 0) is 51.8 Å². The Kier molecular flexibility index (Phi) is 4.34. The summed E-state index contributed by atoms with van der Waals surface area (Å²) in [6, 6.07) is 5.93. The zero-order valence-corrected chi connectivity index (χ0v) is 17.9. The molecule has 2 aliphatic rings. The lowest BCUT2D eigenvalue weighted by Crippen LogP contribution is -2.49. The molecule has 0 bridgehead atoms. The van der Waals surface area contributed by atoms with Gasteiger partial charge in [0.25, 0.3) is 5.91 Å². The van der Waals surface area contributed by atoms with Crippen molar-refractivity contribution < 1.29 is 4.79 Å². The maximum atomic E-state index is 13.1. The normalized spacial score (nSPS) is 17.9. The van der Waals surface area contributed by atoms with Gasteiger partial charge in [-0.15, -0.1) is 0 Å². The number of fused-ring (bicyclic) bond motifs is 1. The van der Waals surface area contributed by atoms with E-state index in [1.165, 1.54) is 18.5 Å². The average molecular weight is 411 g/mol. The van der Waals surface area contributed by atoms with Gasteiger partial charge in [0, 0.05) is 44.0 Å². The van der Waals surface area contributed by atoms with E-state index in [1.54, 1.807) is 17.5 Å². The first-order valence-electron chi connectivity index (χ1n) is 10.3. The van der Waals surface area contributed by atoms with Crippen LogP contribution >= 0.6 is 11.3 Å². The van der Waals surface area contributed by atoms with Crippen molar-refractivity contribution in [2.45, 2.75) is 45.1 Å². The number of carbonyl (C=O) groups is 1. The zero-order chi connectivity index (χ0) is 20.2. The van der Waals surface area contributed by atoms with E-state index >= 15 is 0 Å². The summed E-state index contributed by atoms with van der Waals surface area (Å²) in [5.41, 5.74) is 2.61. The molecular formula is C21H26N6OS. The third-order valence-corrected chi connectivity index (χ3v) is 6.62. The molecule has 7 nitrogen and oxygen atoms in total. The Morgan fingerprint density at radius 1 is 1.17 bits per heavy atom. The molecule has 0 spiro atoms. The predicted octanol–water partition coefficient (Wildman–Crippen LogP) is 3.48. The molecule has 1 aliphatic heterocycles. The van der Waals surface area contributed by atoms with Crippen LogP contribution in [0.4, 0.5) is 5.13 Å². The topological polar surface area (TPSA) is 67.2 Å². The quantitative estimate of drug-likeness (QED) is 0.661. The van der Waals surface area contributed by atoms with Gasteiger partial charge in [-0.1, -0.05) is 11.3 Å². The molecule has 8 heteroatoms. The van der Waals surface area contributed by atoms with Crippen molar-refractivity contribution in [2.75, 3.05) is 31.1 Å². The van der Waals surface area contributed by atoms with Crippen LogP contribution in [-0.4, -0.2) is 56.7 Å². The number of rotatable bonds is 3. The van der Waals surface area contributed by atoms with E-state index in [2.05, 4.69) is 35.3 Å². The van der Waals surface area contributed by atoms with Gasteiger partial charge in [-0.3, -0.25) is 9.48 Å². The highest BCUT2D eigenvalue weighted by atomic mass is 32.1. The van der Waals surface area contributed by atoms with Crippen LogP contribution in [0.15, 0.2) is 24.4 Å². The van der Waals surface area contributed by atoms with Crippen molar-refractivity contribution in [1.29, 1.82) is 0 Å². The standard InChI is InChI=1S/C21H26N6OS/c1-21(2,3)27-17(14-6-7-14)13-16(24-27)19(28)25-9-11-26(12-10-25)20-23-15-5-4-8-22-18(15)29-20/h4-5,8,13-14H,6-7,9-12H2,1-3H3. The fourth-order valence-electron chi connectivity index (χ4n) is 3.86. The lowest BCUT2D eigenvalue weighted by molar-refractivity contribution is 0.0739. The summed E-state index contributed by atoms with van der Waals surface area (Å²) in [5.74, 6) is 0.605. The van der Waals surface area contributed by atoms with Crippen LogP contribution in [0.2, 0.25) is 0 Å². The van der Waals surface area contributed by atoms with Crippen LogP contribution in [0.25, 0.3) is 10.3 Å². The molecule has 0 N–H and O–H groups in total. The van der Waals surface area contributed by atoms with E-state index < -0.39 is 0 Å². The van der Waals surface area contributed by atoms with Crippen molar-refractivity contribution in [3.63, 3.8) is 0 Å². The van der Waals surface area contributed by atoms with Crippen molar-refractivity contribution in [3.05, 3.63) is 35.8 Å². The Morgan fingerprint density at radius 3 is 2.59 bits per heavy atom. The molecule has 1 saturated carbocycles. The number of piperazine rings is 1. The van der Waals surface area contributed by atoms with Crippen molar-refractivity contribution >= 4 is 32.7 Å². The summed E-state index contributed by atoms with van der Waals surface area (Å²) in [7, 11) is 0. The molecule has 4 heterocycles. The summed E-state index contributed by atoms with van der Waals surface area (Å²) in [6.45, 7) is 9.36. The van der Waals surface area contributed by atoms with Crippen molar-refractivity contribution in [3.8, 4) is 0 Å². The van der Waals surface area contributed by atoms with Crippen LogP contribution in [0, 0.1) is 0 Å². The minimum absolute atomic E-state index is 0.0421. The first-order valence-corrected chi connectivity index (χ1v) is 11.1. The fraction of sp³-hybridized carbons (Fsp3) is 0.524. The molecule has 0 aromatic carbocycles. The second-order valence-electron chi connectivity index (χ2n) is 8.91. The predicted molar refractivity (Wildman–Crippen MR) is 115 cm³/mol. The monoisotopic (exact) mass is 410 g/mol. The second-order valence-corrected chi connectivity index (χ2v) is 9.87. The average Bonchev–Trinajstić information content (AvgIpc) is 3.29. The van der Waals surface area contributed by atoms with Crippen molar-refractivity contribution in [2.24, 2.45) is 0 Å². The molecule has 29 heavy (non-hydrogen) atoms.